The molecule has 19 nitrogen and oxygen atoms in total. The molecule has 0 saturated heterocycles. The molecule has 376 valence electrons. The van der Waals surface area contributed by atoms with Crippen molar-refractivity contribution in [3.05, 3.63) is 153 Å². The number of nitrogens with zero attached hydrogens (tertiary/aromatic N) is 6. The number of allylic oxidation sites excluding steroid dienone is 4. The van der Waals surface area contributed by atoms with Gasteiger partial charge >= 0.3 is 0 Å². The van der Waals surface area contributed by atoms with Crippen LogP contribution in [0.15, 0.2) is 125 Å². The Balaban J connectivity index is 0.941. The number of aryl methyl sites for hydroxylation is 1. The highest BCUT2D eigenvalue weighted by Crippen LogP contribution is 2.49. The van der Waals surface area contributed by atoms with Crippen LogP contribution in [0.4, 0.5) is 23.0 Å². The number of benzene rings is 4. The lowest BCUT2D eigenvalue weighted by atomic mass is 9.81. The first-order chi connectivity index (χ1) is 34.1. The maximum absolute atomic E-state index is 12.9. The highest BCUT2D eigenvalue weighted by atomic mass is 32.2. The van der Waals surface area contributed by atoms with Crippen LogP contribution in [0.25, 0.3) is 11.2 Å². The number of aromatic nitrogens is 4. The van der Waals surface area contributed by atoms with E-state index < -0.39 is 36.0 Å². The van der Waals surface area contributed by atoms with Gasteiger partial charge < -0.3 is 25.7 Å². The molecule has 72 heavy (non-hydrogen) atoms. The van der Waals surface area contributed by atoms with E-state index in [1.165, 1.54) is 42.7 Å². The Hall–Kier alpha value is -7.33. The second-order valence-electron chi connectivity index (χ2n) is 18.9. The molecule has 2 aromatic heterocycles. The molecule has 8 rings (SSSR count). The largest absolute Gasteiger partial charge is 0.471 e. The number of aromatic amines is 1. The normalized spacial score (nSPS) is 15.6. The van der Waals surface area contributed by atoms with Gasteiger partial charge in [-0.1, -0.05) is 62.7 Å². The number of hydrogen-bond acceptors (Lipinski definition) is 13. The van der Waals surface area contributed by atoms with E-state index in [-0.39, 0.29) is 33.9 Å². The number of nitrogens with one attached hydrogen (secondary N) is 2. The number of carbonyl (C=O) groups excluding carboxylic acids is 1. The highest BCUT2D eigenvalue weighted by molar-refractivity contribution is 7.86. The number of nitro benzene ring substituents is 1. The molecule has 6 aromatic rings. The van der Waals surface area contributed by atoms with E-state index in [1.807, 2.05) is 70.2 Å². The molecule has 2 aliphatic heterocycles. The van der Waals surface area contributed by atoms with Crippen molar-refractivity contribution in [2.75, 3.05) is 23.7 Å². The average Bonchev–Trinajstić information content (AvgIpc) is 3.95. The first kappa shape index (κ1) is 51.0. The lowest BCUT2D eigenvalue weighted by Crippen LogP contribution is -2.28. The van der Waals surface area contributed by atoms with Crippen molar-refractivity contribution in [2.24, 2.45) is 0 Å². The van der Waals surface area contributed by atoms with Crippen molar-refractivity contribution in [1.29, 1.82) is 0 Å². The maximum Gasteiger partial charge on any atom is 0.294 e. The minimum atomic E-state index is -4.50. The van der Waals surface area contributed by atoms with Crippen LogP contribution in [0.1, 0.15) is 87.6 Å². The number of carbonyl (C=O) groups is 1. The Kier molecular flexibility index (Phi) is 14.5. The lowest BCUT2D eigenvalue weighted by Gasteiger charge is -2.27. The number of hydrogen-bond donors (Lipinski definition) is 5. The van der Waals surface area contributed by atoms with Crippen LogP contribution in [-0.4, -0.2) is 80.1 Å². The number of imidazole rings is 1. The summed E-state index contributed by atoms with van der Waals surface area (Å²) in [5.74, 6) is 0.289. The number of anilines is 2. The van der Waals surface area contributed by atoms with Gasteiger partial charge in [0.2, 0.25) is 23.4 Å². The maximum atomic E-state index is 12.9. The van der Waals surface area contributed by atoms with E-state index in [2.05, 4.69) is 34.7 Å². The molecule has 4 aromatic carbocycles. The van der Waals surface area contributed by atoms with Crippen molar-refractivity contribution in [3.63, 3.8) is 0 Å². The first-order valence-corrected chi connectivity index (χ1v) is 26.2. The monoisotopic (exact) mass is 1020 g/mol. The molecule has 1 amide bonds. The van der Waals surface area contributed by atoms with Crippen LogP contribution in [0.5, 0.6) is 5.88 Å². The van der Waals surface area contributed by atoms with E-state index >= 15 is 0 Å². The summed E-state index contributed by atoms with van der Waals surface area (Å²) in [6, 6.07) is 23.3. The molecule has 0 spiro atoms. The molecule has 0 saturated carbocycles. The third-order valence-corrected chi connectivity index (χ3v) is 15.0. The van der Waals surface area contributed by atoms with Gasteiger partial charge in [0.1, 0.15) is 18.7 Å². The Morgan fingerprint density at radius 2 is 1.53 bits per heavy atom. The van der Waals surface area contributed by atoms with E-state index in [9.17, 15) is 40.8 Å². The number of nitrogen functional groups attached to an aromatic ring is 1. The molecule has 0 radical (unpaired) electrons. The van der Waals surface area contributed by atoms with Crippen molar-refractivity contribution >= 4 is 66.0 Å². The van der Waals surface area contributed by atoms with Gasteiger partial charge in [-0.15, -0.1) is 0 Å². The zero-order valence-electron chi connectivity index (χ0n) is 40.2. The fourth-order valence-corrected chi connectivity index (χ4v) is 10.4. The third kappa shape index (κ3) is 11.1. The molecule has 0 bridgehead atoms. The number of nitro groups is 1. The molecule has 4 heterocycles. The Morgan fingerprint density at radius 1 is 0.861 bits per heavy atom. The first-order valence-electron chi connectivity index (χ1n) is 23.3. The summed E-state index contributed by atoms with van der Waals surface area (Å²) < 4.78 is 77.1. The fourth-order valence-electron chi connectivity index (χ4n) is 9.42. The summed E-state index contributed by atoms with van der Waals surface area (Å²) in [5.41, 5.74) is 12.8. The molecule has 0 fully saturated rings. The fraction of sp³-hybridized carbons (Fsp3) is 0.314. The predicted octanol–water partition coefficient (Wildman–Crippen LogP) is 8.04. The summed E-state index contributed by atoms with van der Waals surface area (Å²) in [4.78, 5) is 40.7. The third-order valence-electron chi connectivity index (χ3n) is 13.3. The SMILES string of the molecule is CC1(C)C(/C=C/C=C2/N(CCCCCC(=O)NCc3ccc(COc4nc(N)nc5nc[nH]c45)cc3)c3ccc(S(=O)(=O)O)cc3C2(C)C)=[N+](CCCc2ccc([N+](=O)[O-])cc2)c2ccc(S(=O)(=O)O)cc21. The summed E-state index contributed by atoms with van der Waals surface area (Å²) in [7, 11) is -8.99. The molecule has 0 atom stereocenters. The summed E-state index contributed by atoms with van der Waals surface area (Å²) >= 11 is 0. The quantitative estimate of drug-likeness (QED) is 0.0159. The van der Waals surface area contributed by atoms with Gasteiger partial charge in [-0.25, -0.2) is 4.98 Å². The molecule has 0 aliphatic carbocycles. The van der Waals surface area contributed by atoms with E-state index in [0.717, 1.165) is 51.5 Å². The zero-order chi connectivity index (χ0) is 51.6. The number of amides is 1. The number of nitrogens with two attached hydrogens (primary N) is 1. The van der Waals surface area contributed by atoms with E-state index in [0.29, 0.717) is 74.3 Å². The summed E-state index contributed by atoms with van der Waals surface area (Å²) in [5, 5.41) is 14.2. The Labute approximate surface area is 417 Å². The summed E-state index contributed by atoms with van der Waals surface area (Å²) in [6.45, 7) is 9.62. The molecular formula is C51H56N9O10S2+. The molecule has 6 N–H and O–H groups in total. The van der Waals surface area contributed by atoms with Crippen LogP contribution >= 0.6 is 0 Å². The standard InChI is InChI=1S/C51H55N9O10S2/c1-50(2)39-28-37(71(64,65)66)22-24-41(39)58(26-7-5-6-13-45(61)53-30-34-14-16-35(17-15-34)31-70-48-46-47(55-32-54-46)56-49(52)57-48)43(50)11-8-12-44-51(3,4)40-29-38(72(67,68)69)23-25-42(40)59(44)27-9-10-33-18-20-36(21-19-33)60(62)63/h8,11-12,14-25,28-29,32H,5-7,9-10,13,26-27,30-31H2,1-4H3,(H5-,52,53,54,55,56,57,61,64,65,66,67,68,69)/p+1. The number of unbranched alkanes of at least 4 members (excludes halogenated alkanes) is 2. The van der Waals surface area contributed by atoms with Crippen molar-refractivity contribution in [3.8, 4) is 5.88 Å². The Bertz CT molecular complexity index is 3390. The topological polar surface area (TPSA) is 277 Å². The van der Waals surface area contributed by atoms with Gasteiger partial charge in [-0.2, -0.15) is 31.4 Å². The van der Waals surface area contributed by atoms with Crippen molar-refractivity contribution < 1.29 is 45.0 Å². The van der Waals surface area contributed by atoms with Crippen molar-refractivity contribution in [2.45, 2.75) is 100.0 Å². The molecule has 21 heteroatoms. The van der Waals surface area contributed by atoms with E-state index in [1.54, 1.807) is 24.3 Å². The molecule has 0 unspecified atom stereocenters. The minimum absolute atomic E-state index is 0.00810. The van der Waals surface area contributed by atoms with Gasteiger partial charge in [0, 0.05) is 72.6 Å². The number of fused-ring (bicyclic) bond motifs is 3. The van der Waals surface area contributed by atoms with Crippen LogP contribution < -0.4 is 20.7 Å². The van der Waals surface area contributed by atoms with Crippen LogP contribution in [0, 0.1) is 10.1 Å². The van der Waals surface area contributed by atoms with E-state index in [4.69, 9.17) is 10.5 Å². The van der Waals surface area contributed by atoms with Gasteiger partial charge in [0.05, 0.1) is 26.5 Å². The number of non-ortho nitro benzene ring substituents is 1. The second kappa shape index (κ2) is 20.4. The van der Waals surface area contributed by atoms with Crippen LogP contribution in [-0.2, 0) is 55.4 Å². The predicted molar refractivity (Wildman–Crippen MR) is 272 cm³/mol. The van der Waals surface area contributed by atoms with Gasteiger partial charge in [0.15, 0.2) is 11.4 Å². The molecule has 2 aliphatic rings. The van der Waals surface area contributed by atoms with Gasteiger partial charge in [-0.3, -0.25) is 24.0 Å². The average molecular weight is 1020 g/mol. The number of ether oxygens (including phenoxy) is 1. The zero-order valence-corrected chi connectivity index (χ0v) is 41.8. The van der Waals surface area contributed by atoms with Crippen LogP contribution in [0.2, 0.25) is 0 Å². The molecular weight excluding hydrogens is 963 g/mol. The number of H-pyrrole nitrogens is 1. The van der Waals surface area contributed by atoms with Crippen LogP contribution in [0.3, 0.4) is 0 Å². The minimum Gasteiger partial charge on any atom is -0.471 e. The number of rotatable bonds is 20. The smallest absolute Gasteiger partial charge is 0.294 e. The van der Waals surface area contributed by atoms with Gasteiger partial charge in [0.25, 0.3) is 25.9 Å². The highest BCUT2D eigenvalue weighted by Gasteiger charge is 2.45. The second-order valence-corrected chi connectivity index (χ2v) is 21.7. The summed E-state index contributed by atoms with van der Waals surface area (Å²) in [6.07, 6.45) is 11.1. The van der Waals surface area contributed by atoms with Gasteiger partial charge in [-0.05, 0) is 91.8 Å². The lowest BCUT2D eigenvalue weighted by molar-refractivity contribution is -0.438. The Morgan fingerprint density at radius 3 is 2.22 bits per heavy atom. The van der Waals surface area contributed by atoms with Crippen molar-refractivity contribution in [1.82, 2.24) is 25.3 Å².